The fourth-order valence-electron chi connectivity index (χ4n) is 1.70. The monoisotopic (exact) mass is 293 g/mol. The molecule has 0 unspecified atom stereocenters. The van der Waals surface area contributed by atoms with Gasteiger partial charge in [0.1, 0.15) is 0 Å². The third-order valence-corrected chi connectivity index (χ3v) is 3.44. The molecule has 8 heteroatoms. The average Bonchev–Trinajstić information content (AvgIpc) is 2.99. The highest BCUT2D eigenvalue weighted by molar-refractivity contribution is 7.07. The summed E-state index contributed by atoms with van der Waals surface area (Å²) in [7, 11) is 1.80. The standard InChI is InChI=1S/C12H19N7S/c1-4-19(5-2)12-17-10(13-3)16-11(18-12)14-6-9-7-20-8-15-9/h7-8H,4-6H2,1-3H3,(H2,13,14,16,17,18). The van der Waals surface area contributed by atoms with Crippen LogP contribution in [0.1, 0.15) is 19.5 Å². The number of anilines is 3. The van der Waals surface area contributed by atoms with E-state index in [4.69, 9.17) is 0 Å². The number of rotatable bonds is 7. The molecule has 0 atom stereocenters. The van der Waals surface area contributed by atoms with Crippen molar-refractivity contribution < 1.29 is 0 Å². The van der Waals surface area contributed by atoms with Gasteiger partial charge in [-0.3, -0.25) is 0 Å². The van der Waals surface area contributed by atoms with Crippen molar-refractivity contribution in [2.24, 2.45) is 0 Å². The smallest absolute Gasteiger partial charge is 0.231 e. The number of aromatic nitrogens is 4. The molecule has 108 valence electrons. The molecule has 0 bridgehead atoms. The van der Waals surface area contributed by atoms with Crippen LogP contribution in [0.3, 0.4) is 0 Å². The normalized spacial score (nSPS) is 10.3. The van der Waals surface area contributed by atoms with Crippen LogP contribution in [0, 0.1) is 0 Å². The molecule has 0 saturated carbocycles. The van der Waals surface area contributed by atoms with Crippen LogP contribution < -0.4 is 15.5 Å². The maximum atomic E-state index is 4.45. The summed E-state index contributed by atoms with van der Waals surface area (Å²) in [5.74, 6) is 1.79. The minimum Gasteiger partial charge on any atom is -0.357 e. The molecule has 0 saturated heterocycles. The van der Waals surface area contributed by atoms with Crippen LogP contribution in [0.15, 0.2) is 10.9 Å². The molecule has 2 aromatic rings. The Labute approximate surface area is 122 Å². The fourth-order valence-corrected chi connectivity index (χ4v) is 2.26. The maximum Gasteiger partial charge on any atom is 0.231 e. The molecule has 20 heavy (non-hydrogen) atoms. The second kappa shape index (κ2) is 6.99. The van der Waals surface area contributed by atoms with Crippen LogP contribution in [0.25, 0.3) is 0 Å². The quantitative estimate of drug-likeness (QED) is 0.806. The van der Waals surface area contributed by atoms with Gasteiger partial charge in [0, 0.05) is 25.5 Å². The van der Waals surface area contributed by atoms with Crippen molar-refractivity contribution in [1.82, 2.24) is 19.9 Å². The summed E-state index contributed by atoms with van der Waals surface area (Å²) in [6.45, 7) is 6.47. The number of nitrogens with zero attached hydrogens (tertiary/aromatic N) is 5. The van der Waals surface area contributed by atoms with Gasteiger partial charge in [0.05, 0.1) is 17.7 Å². The number of hydrogen-bond donors (Lipinski definition) is 2. The largest absolute Gasteiger partial charge is 0.357 e. The lowest BCUT2D eigenvalue weighted by Gasteiger charge is -2.19. The SMILES string of the molecule is CCN(CC)c1nc(NC)nc(NCc2cscn2)n1. The molecular weight excluding hydrogens is 274 g/mol. The number of nitrogens with one attached hydrogen (secondary N) is 2. The number of thiazole rings is 1. The highest BCUT2D eigenvalue weighted by atomic mass is 32.1. The zero-order valence-electron chi connectivity index (χ0n) is 11.9. The van der Waals surface area contributed by atoms with Crippen LogP contribution in [0.2, 0.25) is 0 Å². The molecule has 0 radical (unpaired) electrons. The van der Waals surface area contributed by atoms with E-state index in [0.717, 1.165) is 18.8 Å². The van der Waals surface area contributed by atoms with Crippen LogP contribution in [0.4, 0.5) is 17.8 Å². The zero-order valence-corrected chi connectivity index (χ0v) is 12.7. The fraction of sp³-hybridized carbons (Fsp3) is 0.500. The molecule has 0 aliphatic carbocycles. The van der Waals surface area contributed by atoms with Gasteiger partial charge in [-0.05, 0) is 13.8 Å². The Bertz CT molecular complexity index is 525. The second-order valence-corrected chi connectivity index (χ2v) is 4.76. The van der Waals surface area contributed by atoms with Crippen molar-refractivity contribution in [1.29, 1.82) is 0 Å². The Kier molecular flexibility index (Phi) is 5.05. The number of hydrogen-bond acceptors (Lipinski definition) is 8. The molecule has 2 aromatic heterocycles. The molecule has 7 nitrogen and oxygen atoms in total. The highest BCUT2D eigenvalue weighted by Crippen LogP contribution is 2.14. The van der Waals surface area contributed by atoms with E-state index in [0.29, 0.717) is 24.4 Å². The first-order valence-corrected chi connectivity index (χ1v) is 7.50. The maximum absolute atomic E-state index is 4.45. The van der Waals surface area contributed by atoms with Crippen molar-refractivity contribution in [3.63, 3.8) is 0 Å². The molecule has 2 N–H and O–H groups in total. The lowest BCUT2D eigenvalue weighted by Crippen LogP contribution is -2.25. The van der Waals surface area contributed by atoms with Crippen molar-refractivity contribution >= 4 is 29.2 Å². The van der Waals surface area contributed by atoms with Gasteiger partial charge in [0.25, 0.3) is 0 Å². The lowest BCUT2D eigenvalue weighted by atomic mass is 10.5. The Balaban J connectivity index is 2.16. The third kappa shape index (κ3) is 3.53. The van der Waals surface area contributed by atoms with E-state index in [1.54, 1.807) is 18.4 Å². The summed E-state index contributed by atoms with van der Waals surface area (Å²) < 4.78 is 0. The van der Waals surface area contributed by atoms with Gasteiger partial charge in [0.15, 0.2) is 0 Å². The first kappa shape index (κ1) is 14.4. The van der Waals surface area contributed by atoms with Gasteiger partial charge < -0.3 is 15.5 Å². The van der Waals surface area contributed by atoms with E-state index in [1.807, 2.05) is 10.9 Å². The van der Waals surface area contributed by atoms with Gasteiger partial charge in [-0.25, -0.2) is 4.98 Å². The second-order valence-electron chi connectivity index (χ2n) is 4.04. The molecule has 0 spiro atoms. The van der Waals surface area contributed by atoms with Gasteiger partial charge >= 0.3 is 0 Å². The molecule has 0 amide bonds. The van der Waals surface area contributed by atoms with E-state index >= 15 is 0 Å². The average molecular weight is 293 g/mol. The van der Waals surface area contributed by atoms with E-state index < -0.39 is 0 Å². The van der Waals surface area contributed by atoms with Gasteiger partial charge in [0.2, 0.25) is 17.8 Å². The Morgan fingerprint density at radius 3 is 2.50 bits per heavy atom. The van der Waals surface area contributed by atoms with Crippen molar-refractivity contribution in [3.05, 3.63) is 16.6 Å². The van der Waals surface area contributed by atoms with Crippen molar-refractivity contribution in [3.8, 4) is 0 Å². The molecule has 2 rings (SSSR count). The molecule has 0 fully saturated rings. The molecule has 0 aliphatic rings. The molecule has 0 aliphatic heterocycles. The predicted octanol–water partition coefficient (Wildman–Crippen LogP) is 1.83. The molecular formula is C12H19N7S. The summed E-state index contributed by atoms with van der Waals surface area (Å²) in [5.41, 5.74) is 2.79. The third-order valence-electron chi connectivity index (χ3n) is 2.80. The summed E-state index contributed by atoms with van der Waals surface area (Å²) in [4.78, 5) is 19.4. The minimum absolute atomic E-state index is 0.555. The summed E-state index contributed by atoms with van der Waals surface area (Å²) >= 11 is 1.57. The van der Waals surface area contributed by atoms with Gasteiger partial charge in [-0.15, -0.1) is 11.3 Å². The zero-order chi connectivity index (χ0) is 14.4. The van der Waals surface area contributed by atoms with Gasteiger partial charge in [-0.2, -0.15) is 15.0 Å². The van der Waals surface area contributed by atoms with E-state index in [1.165, 1.54) is 0 Å². The Morgan fingerprint density at radius 2 is 1.90 bits per heavy atom. The molecule has 2 heterocycles. The Morgan fingerprint density at radius 1 is 1.15 bits per heavy atom. The summed E-state index contributed by atoms with van der Waals surface area (Å²) in [6, 6.07) is 0. The van der Waals surface area contributed by atoms with Gasteiger partial charge in [-0.1, -0.05) is 0 Å². The van der Waals surface area contributed by atoms with Crippen molar-refractivity contribution in [2.45, 2.75) is 20.4 Å². The molecule has 0 aromatic carbocycles. The minimum atomic E-state index is 0.555. The van der Waals surface area contributed by atoms with E-state index in [2.05, 4.69) is 49.3 Å². The van der Waals surface area contributed by atoms with E-state index in [-0.39, 0.29) is 0 Å². The lowest BCUT2D eigenvalue weighted by molar-refractivity contribution is 0.812. The van der Waals surface area contributed by atoms with Crippen LogP contribution in [-0.2, 0) is 6.54 Å². The predicted molar refractivity (Wildman–Crippen MR) is 82.4 cm³/mol. The van der Waals surface area contributed by atoms with Crippen LogP contribution in [-0.4, -0.2) is 40.1 Å². The Hall–Kier alpha value is -1.96. The first-order chi connectivity index (χ1) is 9.76. The van der Waals surface area contributed by atoms with E-state index in [9.17, 15) is 0 Å². The van der Waals surface area contributed by atoms with Crippen LogP contribution >= 0.6 is 11.3 Å². The topological polar surface area (TPSA) is 78.9 Å². The summed E-state index contributed by atoms with van der Waals surface area (Å²) in [5, 5.41) is 8.14. The van der Waals surface area contributed by atoms with Crippen LogP contribution in [0.5, 0.6) is 0 Å². The highest BCUT2D eigenvalue weighted by Gasteiger charge is 2.10. The van der Waals surface area contributed by atoms with Crippen molar-refractivity contribution in [2.75, 3.05) is 35.7 Å². The summed E-state index contributed by atoms with van der Waals surface area (Å²) in [6.07, 6.45) is 0. The first-order valence-electron chi connectivity index (χ1n) is 6.56.